The fraction of sp³-hybridized carbons (Fsp3) is 0.600. The van der Waals surface area contributed by atoms with Crippen LogP contribution < -0.4 is 21.3 Å². The maximum Gasteiger partial charge on any atom is 0.322 e. The Hall–Kier alpha value is -2.16. The van der Waals surface area contributed by atoms with E-state index >= 15 is 0 Å². The smallest absolute Gasteiger partial charge is 0.322 e. The molecule has 1 rings (SSSR count). The van der Waals surface area contributed by atoms with Gasteiger partial charge in [-0.25, -0.2) is 5.84 Å². The monoisotopic (exact) mass is 269 g/mol. The lowest BCUT2D eigenvalue weighted by molar-refractivity contribution is -0.128. The highest BCUT2D eigenvalue weighted by atomic mass is 16.5. The van der Waals surface area contributed by atoms with Crippen molar-refractivity contribution in [1.29, 1.82) is 0 Å². The minimum Gasteiger partial charge on any atom is -0.467 e. The molecular formula is C10H19N7O2. The summed E-state index contributed by atoms with van der Waals surface area (Å²) in [5.41, 5.74) is 2.30. The molecule has 0 aliphatic carbocycles. The number of aromatic nitrogens is 3. The Morgan fingerprint density at radius 3 is 2.42 bits per heavy atom. The van der Waals surface area contributed by atoms with Gasteiger partial charge in [0.05, 0.1) is 13.7 Å². The summed E-state index contributed by atoms with van der Waals surface area (Å²) in [5, 5.41) is 2.81. The number of nitrogen functional groups attached to an aromatic ring is 1. The van der Waals surface area contributed by atoms with E-state index in [1.54, 1.807) is 4.90 Å². The number of carbonyl (C=O) groups is 1. The molecule has 1 amide bonds. The van der Waals surface area contributed by atoms with Gasteiger partial charge < -0.3 is 15.0 Å². The van der Waals surface area contributed by atoms with Crippen molar-refractivity contribution in [3.8, 4) is 6.01 Å². The molecule has 1 aromatic rings. The number of ether oxygens (including phenoxy) is 1. The first kappa shape index (κ1) is 14.9. The third kappa shape index (κ3) is 4.21. The number of methoxy groups -OCH3 is 1. The van der Waals surface area contributed by atoms with E-state index in [2.05, 4.69) is 25.7 Å². The first-order chi connectivity index (χ1) is 9.14. The van der Waals surface area contributed by atoms with Crippen molar-refractivity contribution in [2.24, 2.45) is 5.84 Å². The molecule has 0 unspecified atom stereocenters. The summed E-state index contributed by atoms with van der Waals surface area (Å²) in [6.07, 6.45) is 0. The third-order valence-electron chi connectivity index (χ3n) is 2.44. The lowest BCUT2D eigenvalue weighted by Gasteiger charge is -2.18. The summed E-state index contributed by atoms with van der Waals surface area (Å²) in [6.45, 7) is 5.26. The summed E-state index contributed by atoms with van der Waals surface area (Å²) in [4.78, 5) is 25.3. The van der Waals surface area contributed by atoms with Crippen LogP contribution in [0.5, 0.6) is 6.01 Å². The number of nitrogens with two attached hydrogens (primary N) is 1. The zero-order valence-electron chi connectivity index (χ0n) is 11.3. The number of hydrogen-bond donors (Lipinski definition) is 3. The lowest BCUT2D eigenvalue weighted by Crippen LogP contribution is -2.35. The van der Waals surface area contributed by atoms with Crippen molar-refractivity contribution in [3.05, 3.63) is 0 Å². The van der Waals surface area contributed by atoms with E-state index in [1.807, 2.05) is 13.8 Å². The second-order valence-corrected chi connectivity index (χ2v) is 3.53. The van der Waals surface area contributed by atoms with Gasteiger partial charge in [0.2, 0.25) is 17.8 Å². The van der Waals surface area contributed by atoms with Crippen LogP contribution in [0.25, 0.3) is 0 Å². The van der Waals surface area contributed by atoms with Gasteiger partial charge in [-0.3, -0.25) is 10.2 Å². The molecule has 106 valence electrons. The topological polar surface area (TPSA) is 118 Å². The number of nitrogens with zero attached hydrogens (tertiary/aromatic N) is 4. The van der Waals surface area contributed by atoms with E-state index in [4.69, 9.17) is 10.6 Å². The summed E-state index contributed by atoms with van der Waals surface area (Å²) >= 11 is 0. The van der Waals surface area contributed by atoms with E-state index < -0.39 is 0 Å². The Morgan fingerprint density at radius 2 is 1.89 bits per heavy atom. The zero-order valence-corrected chi connectivity index (χ0v) is 11.3. The first-order valence-electron chi connectivity index (χ1n) is 5.92. The quantitative estimate of drug-likeness (QED) is 0.445. The van der Waals surface area contributed by atoms with Gasteiger partial charge in [0.1, 0.15) is 0 Å². The van der Waals surface area contributed by atoms with Crippen LogP contribution >= 0.6 is 0 Å². The van der Waals surface area contributed by atoms with Crippen LogP contribution in [0.4, 0.5) is 11.9 Å². The molecule has 0 fully saturated rings. The number of likely N-dealkylation sites (N-methyl/N-ethyl adjacent to an activating group) is 1. The Bertz CT molecular complexity index is 400. The van der Waals surface area contributed by atoms with Crippen LogP contribution in [0.2, 0.25) is 0 Å². The van der Waals surface area contributed by atoms with Crippen LogP contribution in [0.15, 0.2) is 0 Å². The second-order valence-electron chi connectivity index (χ2n) is 3.53. The molecule has 1 aromatic heterocycles. The molecule has 9 nitrogen and oxygen atoms in total. The van der Waals surface area contributed by atoms with Crippen molar-refractivity contribution in [2.45, 2.75) is 13.8 Å². The highest BCUT2D eigenvalue weighted by molar-refractivity contribution is 5.80. The number of hydrazine groups is 1. The predicted molar refractivity (Wildman–Crippen MR) is 70.6 cm³/mol. The lowest BCUT2D eigenvalue weighted by atomic mass is 10.4. The molecule has 0 atom stereocenters. The summed E-state index contributed by atoms with van der Waals surface area (Å²) < 4.78 is 4.90. The van der Waals surface area contributed by atoms with Gasteiger partial charge in [-0.15, -0.1) is 0 Å². The maximum atomic E-state index is 11.8. The number of hydrogen-bond acceptors (Lipinski definition) is 8. The fourth-order valence-electron chi connectivity index (χ4n) is 1.43. The van der Waals surface area contributed by atoms with Crippen LogP contribution in [-0.4, -0.2) is 52.5 Å². The van der Waals surface area contributed by atoms with Gasteiger partial charge in [-0.1, -0.05) is 0 Å². The van der Waals surface area contributed by atoms with Gasteiger partial charge in [-0.2, -0.15) is 15.0 Å². The maximum absolute atomic E-state index is 11.8. The third-order valence-corrected chi connectivity index (χ3v) is 2.44. The molecule has 0 aromatic carbocycles. The molecule has 1 heterocycles. The van der Waals surface area contributed by atoms with Gasteiger partial charge in [0.15, 0.2) is 0 Å². The predicted octanol–water partition coefficient (Wildman–Crippen LogP) is -0.554. The van der Waals surface area contributed by atoms with E-state index in [0.29, 0.717) is 13.1 Å². The van der Waals surface area contributed by atoms with Gasteiger partial charge >= 0.3 is 6.01 Å². The molecule has 19 heavy (non-hydrogen) atoms. The fourth-order valence-corrected chi connectivity index (χ4v) is 1.43. The van der Waals surface area contributed by atoms with Crippen molar-refractivity contribution in [1.82, 2.24) is 19.9 Å². The van der Waals surface area contributed by atoms with Crippen molar-refractivity contribution in [2.75, 3.05) is 37.5 Å². The molecule has 0 spiro atoms. The van der Waals surface area contributed by atoms with Crippen LogP contribution in [0.1, 0.15) is 13.8 Å². The van der Waals surface area contributed by atoms with Crippen molar-refractivity contribution in [3.63, 3.8) is 0 Å². The van der Waals surface area contributed by atoms with Crippen LogP contribution in [-0.2, 0) is 4.79 Å². The van der Waals surface area contributed by atoms with Crippen molar-refractivity contribution < 1.29 is 9.53 Å². The van der Waals surface area contributed by atoms with Gasteiger partial charge in [0.25, 0.3) is 0 Å². The number of nitrogens with one attached hydrogen (secondary N) is 2. The Kier molecular flexibility index (Phi) is 5.73. The molecule has 4 N–H and O–H groups in total. The average molecular weight is 269 g/mol. The first-order valence-corrected chi connectivity index (χ1v) is 5.92. The van der Waals surface area contributed by atoms with E-state index in [9.17, 15) is 4.79 Å². The Morgan fingerprint density at radius 1 is 1.26 bits per heavy atom. The molecule has 0 bridgehead atoms. The number of amides is 1. The highest BCUT2D eigenvalue weighted by Gasteiger charge is 2.11. The Labute approximate surface area is 111 Å². The molecule has 0 radical (unpaired) electrons. The van der Waals surface area contributed by atoms with Crippen LogP contribution in [0, 0.1) is 0 Å². The molecule has 0 saturated heterocycles. The molecular weight excluding hydrogens is 250 g/mol. The normalized spacial score (nSPS) is 9.89. The second kappa shape index (κ2) is 7.31. The summed E-state index contributed by atoms with van der Waals surface area (Å²) in [6, 6.07) is 0.112. The zero-order chi connectivity index (χ0) is 14.3. The largest absolute Gasteiger partial charge is 0.467 e. The number of rotatable bonds is 7. The molecule has 0 aliphatic rings. The van der Waals surface area contributed by atoms with E-state index in [-0.39, 0.29) is 30.4 Å². The average Bonchev–Trinajstić information content (AvgIpc) is 2.45. The summed E-state index contributed by atoms with van der Waals surface area (Å²) in [5.74, 6) is 5.57. The number of anilines is 2. The standard InChI is InChI=1S/C10H19N7O2/c1-4-17(5-2)7(18)6-12-8-13-9(16-11)15-10(14-8)19-3/h4-6,11H2,1-3H3,(H2,12,13,14,15,16). The number of carbonyl (C=O) groups excluding carboxylic acids is 1. The van der Waals surface area contributed by atoms with Crippen molar-refractivity contribution >= 4 is 17.8 Å². The van der Waals surface area contributed by atoms with Gasteiger partial charge in [0, 0.05) is 13.1 Å². The summed E-state index contributed by atoms with van der Waals surface area (Å²) in [7, 11) is 1.43. The highest BCUT2D eigenvalue weighted by Crippen LogP contribution is 2.09. The molecule has 9 heteroatoms. The minimum atomic E-state index is -0.0355. The molecule has 0 aliphatic heterocycles. The van der Waals surface area contributed by atoms with Gasteiger partial charge in [-0.05, 0) is 13.8 Å². The van der Waals surface area contributed by atoms with Crippen LogP contribution in [0.3, 0.4) is 0 Å². The SMILES string of the molecule is CCN(CC)C(=O)CNc1nc(NN)nc(OC)n1. The molecule has 0 saturated carbocycles. The Balaban J connectivity index is 2.69. The van der Waals surface area contributed by atoms with E-state index in [0.717, 1.165) is 0 Å². The minimum absolute atomic E-state index is 0.0355. The van der Waals surface area contributed by atoms with E-state index in [1.165, 1.54) is 7.11 Å².